The van der Waals surface area contributed by atoms with Crippen LogP contribution in [-0.4, -0.2) is 37.2 Å². The number of carbonyl (C=O) groups is 3. The fraction of sp³-hybridized carbons (Fsp3) is 0.958. The van der Waals surface area contributed by atoms with Gasteiger partial charge in [-0.3, -0.25) is 14.4 Å². The highest BCUT2D eigenvalue weighted by Crippen LogP contribution is 2.20. The number of hydrogen-bond acceptors (Lipinski definition) is 6. The smallest absolute Gasteiger partial charge is 0.306 e. The summed E-state index contributed by atoms with van der Waals surface area (Å²) >= 11 is 0. The summed E-state index contributed by atoms with van der Waals surface area (Å²) in [5.41, 5.74) is 0. The Balaban J connectivity index is 3.98. The fourth-order valence-electron chi connectivity index (χ4n) is 11.3. The standard InChI is InChI=1S/C71H138O6/c1-4-7-10-13-16-18-20-22-24-26-28-30-32-34-35-36-37-39-40-42-44-46-48-50-52-55-58-61-64-70(73)76-67-68(66-75-69(72)63-60-57-54-15-12-9-6-3)77-71(74)65-62-59-56-53-51-49-47-45-43-41-38-33-31-29-27-25-23-21-19-17-14-11-8-5-2/h68H,4-67H2,1-3H3. The normalized spacial score (nSPS) is 11.9. The molecule has 0 amide bonds. The maximum atomic E-state index is 12.9. The first kappa shape index (κ1) is 75.4. The summed E-state index contributed by atoms with van der Waals surface area (Å²) in [6, 6.07) is 0. The van der Waals surface area contributed by atoms with E-state index in [9.17, 15) is 14.4 Å². The van der Waals surface area contributed by atoms with Crippen molar-refractivity contribution in [1.82, 2.24) is 0 Å². The minimum absolute atomic E-state index is 0.0613. The number of carbonyl (C=O) groups excluding carboxylic acids is 3. The molecular weight excluding hydrogens is 949 g/mol. The molecule has 0 saturated carbocycles. The number of esters is 3. The number of rotatable bonds is 67. The summed E-state index contributed by atoms with van der Waals surface area (Å²) in [5.74, 6) is -0.833. The molecule has 77 heavy (non-hydrogen) atoms. The van der Waals surface area contributed by atoms with Crippen LogP contribution in [0.4, 0.5) is 0 Å². The van der Waals surface area contributed by atoms with Gasteiger partial charge in [-0.1, -0.05) is 380 Å². The summed E-state index contributed by atoms with van der Waals surface area (Å²) in [7, 11) is 0. The van der Waals surface area contributed by atoms with Crippen LogP contribution in [0, 0.1) is 0 Å². The Hall–Kier alpha value is -1.59. The molecule has 0 aromatic carbocycles. The summed E-state index contributed by atoms with van der Waals surface area (Å²) in [6.07, 6.45) is 78.9. The van der Waals surface area contributed by atoms with E-state index in [1.54, 1.807) is 0 Å². The van der Waals surface area contributed by atoms with Crippen LogP contribution >= 0.6 is 0 Å². The average Bonchev–Trinajstić information content (AvgIpc) is 3.43. The number of hydrogen-bond donors (Lipinski definition) is 0. The molecule has 0 heterocycles. The van der Waals surface area contributed by atoms with E-state index in [0.29, 0.717) is 19.3 Å². The zero-order chi connectivity index (χ0) is 55.7. The van der Waals surface area contributed by atoms with Gasteiger partial charge in [-0.15, -0.1) is 0 Å². The number of ether oxygens (including phenoxy) is 3. The quantitative estimate of drug-likeness (QED) is 0.0343. The van der Waals surface area contributed by atoms with Crippen molar-refractivity contribution in [1.29, 1.82) is 0 Å². The van der Waals surface area contributed by atoms with Crippen LogP contribution in [0.25, 0.3) is 0 Å². The minimum atomic E-state index is -0.762. The van der Waals surface area contributed by atoms with Gasteiger partial charge in [0.1, 0.15) is 13.2 Å². The van der Waals surface area contributed by atoms with E-state index in [1.807, 2.05) is 0 Å². The van der Waals surface area contributed by atoms with Crippen molar-refractivity contribution < 1.29 is 28.6 Å². The summed E-state index contributed by atoms with van der Waals surface area (Å²) in [5, 5.41) is 0. The second-order valence-corrected chi connectivity index (χ2v) is 24.5. The van der Waals surface area contributed by atoms with Crippen molar-refractivity contribution in [3.63, 3.8) is 0 Å². The van der Waals surface area contributed by atoms with Crippen LogP contribution in [0.2, 0.25) is 0 Å². The highest BCUT2D eigenvalue weighted by molar-refractivity contribution is 5.71. The molecule has 0 aromatic rings. The van der Waals surface area contributed by atoms with Gasteiger partial charge < -0.3 is 14.2 Å². The molecule has 0 radical (unpaired) electrons. The third-order valence-electron chi connectivity index (χ3n) is 16.6. The summed E-state index contributed by atoms with van der Waals surface area (Å²) in [6.45, 7) is 6.69. The third kappa shape index (κ3) is 65.1. The lowest BCUT2D eigenvalue weighted by Crippen LogP contribution is -2.30. The van der Waals surface area contributed by atoms with E-state index in [4.69, 9.17) is 14.2 Å². The van der Waals surface area contributed by atoms with Gasteiger partial charge in [0.15, 0.2) is 6.10 Å². The maximum Gasteiger partial charge on any atom is 0.306 e. The zero-order valence-electron chi connectivity index (χ0n) is 52.8. The Morgan fingerprint density at radius 1 is 0.208 bits per heavy atom. The van der Waals surface area contributed by atoms with E-state index in [1.165, 1.54) is 321 Å². The Labute approximate surface area is 482 Å². The van der Waals surface area contributed by atoms with E-state index in [-0.39, 0.29) is 31.1 Å². The van der Waals surface area contributed by atoms with Crippen molar-refractivity contribution >= 4 is 17.9 Å². The highest BCUT2D eigenvalue weighted by atomic mass is 16.6. The first-order chi connectivity index (χ1) is 38.0. The molecule has 458 valence electrons. The number of unbranched alkanes of at least 4 members (excludes halogenated alkanes) is 56. The molecule has 0 aliphatic heterocycles. The minimum Gasteiger partial charge on any atom is -0.462 e. The summed E-state index contributed by atoms with van der Waals surface area (Å²) < 4.78 is 16.9. The molecule has 0 N–H and O–H groups in total. The highest BCUT2D eigenvalue weighted by Gasteiger charge is 2.19. The van der Waals surface area contributed by atoms with Crippen molar-refractivity contribution in [3.8, 4) is 0 Å². The lowest BCUT2D eigenvalue weighted by Gasteiger charge is -2.18. The van der Waals surface area contributed by atoms with Crippen LogP contribution in [0.1, 0.15) is 419 Å². The van der Waals surface area contributed by atoms with E-state index in [2.05, 4.69) is 20.8 Å². The molecule has 0 aliphatic carbocycles. The molecular formula is C71H138O6. The van der Waals surface area contributed by atoms with Crippen molar-refractivity contribution in [2.45, 2.75) is 425 Å². The monoisotopic (exact) mass is 1090 g/mol. The van der Waals surface area contributed by atoms with Gasteiger partial charge in [0.2, 0.25) is 0 Å². The predicted octanol–water partition coefficient (Wildman–Crippen LogP) is 24.2. The molecule has 0 fully saturated rings. The van der Waals surface area contributed by atoms with Gasteiger partial charge in [0.05, 0.1) is 0 Å². The van der Waals surface area contributed by atoms with Crippen molar-refractivity contribution in [3.05, 3.63) is 0 Å². The van der Waals surface area contributed by atoms with Gasteiger partial charge in [-0.05, 0) is 19.3 Å². The molecule has 0 aliphatic rings. The first-order valence-corrected chi connectivity index (χ1v) is 35.5. The fourth-order valence-corrected chi connectivity index (χ4v) is 11.3. The molecule has 6 heteroatoms. The Morgan fingerprint density at radius 2 is 0.351 bits per heavy atom. The van der Waals surface area contributed by atoms with Crippen molar-refractivity contribution in [2.75, 3.05) is 13.2 Å². The van der Waals surface area contributed by atoms with Crippen LogP contribution in [0.5, 0.6) is 0 Å². The zero-order valence-corrected chi connectivity index (χ0v) is 52.8. The van der Waals surface area contributed by atoms with Crippen LogP contribution in [0.15, 0.2) is 0 Å². The molecule has 1 unspecified atom stereocenters. The lowest BCUT2D eigenvalue weighted by atomic mass is 10.0. The van der Waals surface area contributed by atoms with Gasteiger partial charge in [0, 0.05) is 19.3 Å². The third-order valence-corrected chi connectivity index (χ3v) is 16.6. The van der Waals surface area contributed by atoms with Gasteiger partial charge in [-0.25, -0.2) is 0 Å². The Bertz CT molecular complexity index is 1160. The molecule has 0 aromatic heterocycles. The van der Waals surface area contributed by atoms with Crippen molar-refractivity contribution in [2.24, 2.45) is 0 Å². The molecule has 0 spiro atoms. The topological polar surface area (TPSA) is 78.9 Å². The van der Waals surface area contributed by atoms with E-state index >= 15 is 0 Å². The first-order valence-electron chi connectivity index (χ1n) is 35.5. The second-order valence-electron chi connectivity index (χ2n) is 24.5. The second kappa shape index (κ2) is 66.9. The molecule has 0 bridgehead atoms. The SMILES string of the molecule is CCCCCCCCCCCCCCCCCCCCCCCCCCCCCCC(=O)OCC(COC(=O)CCCCCCCCC)OC(=O)CCCCCCCCCCCCCCCCCCCCCCCCCC. The molecule has 1 atom stereocenters. The predicted molar refractivity (Wildman–Crippen MR) is 335 cm³/mol. The lowest BCUT2D eigenvalue weighted by molar-refractivity contribution is -0.167. The Kier molecular flexibility index (Phi) is 65.5. The van der Waals surface area contributed by atoms with Gasteiger partial charge >= 0.3 is 17.9 Å². The molecule has 0 saturated heterocycles. The largest absolute Gasteiger partial charge is 0.462 e. The average molecular weight is 1090 g/mol. The Morgan fingerprint density at radius 3 is 0.519 bits per heavy atom. The summed E-state index contributed by atoms with van der Waals surface area (Å²) in [4.78, 5) is 38.2. The molecule has 0 rings (SSSR count). The molecule has 6 nitrogen and oxygen atoms in total. The van der Waals surface area contributed by atoms with Crippen LogP contribution in [0.3, 0.4) is 0 Å². The van der Waals surface area contributed by atoms with E-state index in [0.717, 1.165) is 57.8 Å². The van der Waals surface area contributed by atoms with Crippen LogP contribution < -0.4 is 0 Å². The van der Waals surface area contributed by atoms with Gasteiger partial charge in [0.25, 0.3) is 0 Å². The van der Waals surface area contributed by atoms with Crippen LogP contribution in [-0.2, 0) is 28.6 Å². The van der Waals surface area contributed by atoms with E-state index < -0.39 is 6.10 Å². The van der Waals surface area contributed by atoms with Gasteiger partial charge in [-0.2, -0.15) is 0 Å². The maximum absolute atomic E-state index is 12.9.